The first-order chi connectivity index (χ1) is 18.4. The molecule has 0 saturated heterocycles. The van der Waals surface area contributed by atoms with Crippen LogP contribution in [0.1, 0.15) is 23.6 Å². The molecule has 38 heavy (non-hydrogen) atoms. The van der Waals surface area contributed by atoms with E-state index in [1.54, 1.807) is 26.4 Å². The predicted octanol–water partition coefficient (Wildman–Crippen LogP) is 5.38. The summed E-state index contributed by atoms with van der Waals surface area (Å²) in [7, 11) is 7.69. The topological polar surface area (TPSA) is 87.3 Å². The number of ether oxygens (including phenoxy) is 5. The normalized spacial score (nSPS) is 13.8. The minimum Gasteiger partial charge on any atom is -0.497 e. The quantitative estimate of drug-likeness (QED) is 0.372. The summed E-state index contributed by atoms with van der Waals surface area (Å²) < 4.78 is 27.6. The molecule has 0 radical (unpaired) electrons. The monoisotopic (exact) mass is 556 g/mol. The summed E-state index contributed by atoms with van der Waals surface area (Å²) in [5, 5.41) is 7.40. The van der Waals surface area contributed by atoms with E-state index in [0.29, 0.717) is 40.2 Å². The van der Waals surface area contributed by atoms with Gasteiger partial charge in [-0.05, 0) is 78.1 Å². The molecular formula is C28H29ClN2O6S. The zero-order chi connectivity index (χ0) is 27.4. The third-order valence-corrected chi connectivity index (χ3v) is 7.08. The largest absolute Gasteiger partial charge is 0.497 e. The van der Waals surface area contributed by atoms with Crippen molar-refractivity contribution in [1.29, 1.82) is 0 Å². The van der Waals surface area contributed by atoms with Gasteiger partial charge in [-0.3, -0.25) is 4.79 Å². The summed E-state index contributed by atoms with van der Waals surface area (Å²) in [6.45, 7) is 0. The molecule has 0 fully saturated rings. The molecule has 8 nitrogen and oxygen atoms in total. The molecular weight excluding hydrogens is 528 g/mol. The standard InChI is InChI=1S/C28H29ClN2O6S/c1-33-16-8-6-15(7-9-16)30-28(38)31-20-12-10-18-23(17-11-13-22(34-2)21(32)14-19(17)20)25(35-3)27(37-5)26(36-4)24(18)29/h6-9,11,13-14,20H,10,12H2,1-5H3,(H2,30,31,38)/t20-/m0/s1. The number of nitrogens with one attached hydrogen (secondary N) is 2. The molecule has 0 spiro atoms. The molecule has 0 heterocycles. The minimum absolute atomic E-state index is 0.211. The fourth-order valence-corrected chi connectivity index (χ4v) is 5.30. The molecule has 0 bridgehead atoms. The average molecular weight is 557 g/mol. The van der Waals surface area contributed by atoms with Gasteiger partial charge in [-0.2, -0.15) is 0 Å². The van der Waals surface area contributed by atoms with Crippen molar-refractivity contribution in [2.45, 2.75) is 18.9 Å². The lowest BCUT2D eigenvalue weighted by atomic mass is 9.95. The van der Waals surface area contributed by atoms with Crippen molar-refractivity contribution in [3.05, 3.63) is 68.8 Å². The lowest BCUT2D eigenvalue weighted by molar-refractivity contribution is 0.325. The summed E-state index contributed by atoms with van der Waals surface area (Å²) >= 11 is 12.5. The van der Waals surface area contributed by atoms with E-state index in [9.17, 15) is 4.79 Å². The Morgan fingerprint density at radius 3 is 2.18 bits per heavy atom. The smallest absolute Gasteiger partial charge is 0.220 e. The molecule has 1 aliphatic carbocycles. The first-order valence-corrected chi connectivity index (χ1v) is 12.6. The molecule has 0 unspecified atom stereocenters. The van der Waals surface area contributed by atoms with E-state index < -0.39 is 0 Å². The number of fused-ring (bicyclic) bond motifs is 3. The maximum Gasteiger partial charge on any atom is 0.220 e. The van der Waals surface area contributed by atoms with Crippen LogP contribution in [0.2, 0.25) is 5.02 Å². The van der Waals surface area contributed by atoms with Crippen molar-refractivity contribution in [2.24, 2.45) is 0 Å². The van der Waals surface area contributed by atoms with E-state index in [0.717, 1.165) is 33.7 Å². The van der Waals surface area contributed by atoms with Crippen molar-refractivity contribution >= 4 is 34.6 Å². The Morgan fingerprint density at radius 2 is 1.58 bits per heavy atom. The highest BCUT2D eigenvalue weighted by Gasteiger charge is 2.32. The molecule has 0 amide bonds. The van der Waals surface area contributed by atoms with Gasteiger partial charge in [0.2, 0.25) is 11.2 Å². The third kappa shape index (κ3) is 5.16. The van der Waals surface area contributed by atoms with E-state index in [2.05, 4.69) is 10.6 Å². The second-order valence-corrected chi connectivity index (χ2v) is 9.25. The Labute approximate surface area is 231 Å². The van der Waals surface area contributed by atoms with Gasteiger partial charge >= 0.3 is 0 Å². The third-order valence-electron chi connectivity index (χ3n) is 6.46. The number of anilines is 1. The average Bonchev–Trinajstić information content (AvgIpc) is 3.17. The second kappa shape index (κ2) is 11.8. The molecule has 1 atom stereocenters. The highest BCUT2D eigenvalue weighted by atomic mass is 35.5. The van der Waals surface area contributed by atoms with Crippen molar-refractivity contribution in [3.63, 3.8) is 0 Å². The molecule has 200 valence electrons. The molecule has 1 aliphatic rings. The number of hydrogen-bond donors (Lipinski definition) is 2. The van der Waals surface area contributed by atoms with Gasteiger partial charge in [0.25, 0.3) is 0 Å². The summed E-state index contributed by atoms with van der Waals surface area (Å²) in [5.74, 6) is 2.17. The maximum absolute atomic E-state index is 13.1. The Kier molecular flexibility index (Phi) is 8.48. The molecule has 0 aliphatic heterocycles. The molecule has 4 rings (SSSR count). The van der Waals surface area contributed by atoms with Crippen LogP contribution in [0.3, 0.4) is 0 Å². The van der Waals surface area contributed by atoms with E-state index >= 15 is 0 Å². The Bertz CT molecular complexity index is 1410. The zero-order valence-electron chi connectivity index (χ0n) is 21.8. The first kappa shape index (κ1) is 27.3. The van der Waals surface area contributed by atoms with Crippen LogP contribution in [0.15, 0.2) is 47.3 Å². The van der Waals surface area contributed by atoms with E-state index in [-0.39, 0.29) is 17.2 Å². The fourth-order valence-electron chi connectivity index (χ4n) is 4.69. The van der Waals surface area contributed by atoms with Gasteiger partial charge < -0.3 is 34.3 Å². The summed E-state index contributed by atoms with van der Waals surface area (Å²) in [6, 6.07) is 12.1. The highest BCUT2D eigenvalue weighted by Crippen LogP contribution is 2.54. The van der Waals surface area contributed by atoms with Crippen molar-refractivity contribution < 1.29 is 23.7 Å². The van der Waals surface area contributed by atoms with Crippen LogP contribution < -0.4 is 39.7 Å². The first-order valence-electron chi connectivity index (χ1n) is 11.8. The van der Waals surface area contributed by atoms with Crippen LogP contribution in [-0.2, 0) is 6.42 Å². The fraction of sp³-hybridized carbons (Fsp3) is 0.286. The van der Waals surface area contributed by atoms with Crippen LogP contribution in [0.5, 0.6) is 28.7 Å². The number of rotatable bonds is 7. The van der Waals surface area contributed by atoms with Gasteiger partial charge in [-0.15, -0.1) is 0 Å². The Hall–Kier alpha value is -3.69. The van der Waals surface area contributed by atoms with Gasteiger partial charge in [0.1, 0.15) is 5.75 Å². The summed E-state index contributed by atoms with van der Waals surface area (Å²) in [4.78, 5) is 13.1. The van der Waals surface area contributed by atoms with Crippen LogP contribution in [0.4, 0.5) is 5.69 Å². The molecule has 3 aromatic carbocycles. The molecule has 2 N–H and O–H groups in total. The van der Waals surface area contributed by atoms with Crippen molar-refractivity contribution in [2.75, 3.05) is 40.9 Å². The number of benzene rings is 2. The van der Waals surface area contributed by atoms with Crippen molar-refractivity contribution in [1.82, 2.24) is 5.32 Å². The van der Waals surface area contributed by atoms with Gasteiger partial charge in [0, 0.05) is 11.3 Å². The van der Waals surface area contributed by atoms with Gasteiger partial charge in [0.05, 0.1) is 46.6 Å². The Morgan fingerprint density at radius 1 is 0.895 bits per heavy atom. The lowest BCUT2D eigenvalue weighted by Gasteiger charge is -2.21. The van der Waals surface area contributed by atoms with Gasteiger partial charge in [-0.1, -0.05) is 17.7 Å². The van der Waals surface area contributed by atoms with Crippen LogP contribution in [0, 0.1) is 0 Å². The number of methoxy groups -OCH3 is 5. The molecule has 3 aromatic rings. The molecule has 0 aromatic heterocycles. The number of halogens is 1. The second-order valence-electron chi connectivity index (χ2n) is 8.46. The molecule has 10 heteroatoms. The highest BCUT2D eigenvalue weighted by molar-refractivity contribution is 7.80. The van der Waals surface area contributed by atoms with Crippen LogP contribution in [0.25, 0.3) is 11.1 Å². The number of thiocarbonyl (C=S) groups is 1. The summed E-state index contributed by atoms with van der Waals surface area (Å²) in [5.41, 5.74) is 3.53. The molecule has 0 saturated carbocycles. The Balaban J connectivity index is 1.85. The van der Waals surface area contributed by atoms with E-state index in [1.165, 1.54) is 21.3 Å². The van der Waals surface area contributed by atoms with Crippen LogP contribution in [-0.4, -0.2) is 40.7 Å². The van der Waals surface area contributed by atoms with E-state index in [1.807, 2.05) is 30.3 Å². The zero-order valence-corrected chi connectivity index (χ0v) is 23.3. The lowest BCUT2D eigenvalue weighted by Crippen LogP contribution is -2.32. The van der Waals surface area contributed by atoms with Crippen molar-refractivity contribution in [3.8, 4) is 39.9 Å². The minimum atomic E-state index is -0.335. The van der Waals surface area contributed by atoms with Crippen LogP contribution >= 0.6 is 23.8 Å². The van der Waals surface area contributed by atoms with Gasteiger partial charge in [-0.25, -0.2) is 0 Å². The number of hydrogen-bond acceptors (Lipinski definition) is 7. The summed E-state index contributed by atoms with van der Waals surface area (Å²) in [6.07, 6.45) is 1.13. The van der Waals surface area contributed by atoms with E-state index in [4.69, 9.17) is 47.5 Å². The maximum atomic E-state index is 13.1. The van der Waals surface area contributed by atoms with Gasteiger partial charge in [0.15, 0.2) is 22.4 Å². The predicted molar refractivity (Wildman–Crippen MR) is 153 cm³/mol. The SMILES string of the molecule is COc1ccc(NC(=S)N[C@H]2CCc3c(Cl)c(OC)c(OC)c(OC)c3-c3ccc(OC)c(=O)cc32)cc1.